The number of nitrogens with zero attached hydrogens (tertiary/aromatic N) is 1. The van der Waals surface area contributed by atoms with Gasteiger partial charge >= 0.3 is 0 Å². The maximum atomic E-state index is 12.3. The van der Waals surface area contributed by atoms with E-state index in [1.54, 1.807) is 48.5 Å². The number of nitrogens with two attached hydrogens (primary N) is 1. The van der Waals surface area contributed by atoms with Gasteiger partial charge in [-0.15, -0.1) is 0 Å². The Morgan fingerprint density at radius 2 is 1.60 bits per heavy atom. The third-order valence-electron chi connectivity index (χ3n) is 2.84. The van der Waals surface area contributed by atoms with Crippen molar-refractivity contribution in [3.05, 3.63) is 48.5 Å². The highest BCUT2D eigenvalue weighted by Gasteiger charge is 2.20. The van der Waals surface area contributed by atoms with Crippen molar-refractivity contribution in [1.82, 2.24) is 4.31 Å². The van der Waals surface area contributed by atoms with Gasteiger partial charge in [0, 0.05) is 25.5 Å². The molecule has 2 aromatic rings. The fourth-order valence-corrected chi connectivity index (χ4v) is 2.75. The second-order valence-electron chi connectivity index (χ2n) is 4.53. The van der Waals surface area contributed by atoms with Gasteiger partial charge < -0.3 is 11.1 Å². The molecule has 5 nitrogen and oxygen atoms in total. The summed E-state index contributed by atoms with van der Waals surface area (Å²) >= 11 is 0. The summed E-state index contributed by atoms with van der Waals surface area (Å²) in [4.78, 5) is 0.238. The average molecular weight is 291 g/mol. The largest absolute Gasteiger partial charge is 0.399 e. The molecular weight excluding hydrogens is 274 g/mol. The molecule has 6 heteroatoms. The molecule has 0 saturated carbocycles. The Hall–Kier alpha value is -2.05. The van der Waals surface area contributed by atoms with E-state index >= 15 is 0 Å². The summed E-state index contributed by atoms with van der Waals surface area (Å²) in [6, 6.07) is 13.9. The van der Waals surface area contributed by atoms with Crippen LogP contribution in [-0.4, -0.2) is 26.8 Å². The van der Waals surface area contributed by atoms with Gasteiger partial charge in [-0.25, -0.2) is 12.7 Å². The van der Waals surface area contributed by atoms with Crippen molar-refractivity contribution < 1.29 is 8.42 Å². The number of hydrogen-bond acceptors (Lipinski definition) is 4. The van der Waals surface area contributed by atoms with Crippen LogP contribution in [0.25, 0.3) is 0 Å². The molecule has 0 spiro atoms. The number of benzene rings is 2. The quantitative estimate of drug-likeness (QED) is 0.847. The maximum absolute atomic E-state index is 12.3. The molecule has 0 radical (unpaired) electrons. The predicted octanol–water partition coefficient (Wildman–Crippen LogP) is 2.26. The number of para-hydroxylation sites is 1. The third kappa shape index (κ3) is 2.92. The van der Waals surface area contributed by atoms with E-state index < -0.39 is 10.0 Å². The smallest absolute Gasteiger partial charge is 0.244 e. The van der Waals surface area contributed by atoms with Crippen LogP contribution < -0.4 is 11.1 Å². The fraction of sp³-hybridized carbons (Fsp3) is 0.143. The lowest BCUT2D eigenvalue weighted by Crippen LogP contribution is -2.23. The number of anilines is 3. The molecule has 0 aliphatic rings. The second kappa shape index (κ2) is 5.52. The molecule has 0 aromatic heterocycles. The van der Waals surface area contributed by atoms with Crippen molar-refractivity contribution >= 4 is 27.1 Å². The Bertz CT molecular complexity index is 695. The predicted molar refractivity (Wildman–Crippen MR) is 81.5 cm³/mol. The van der Waals surface area contributed by atoms with Crippen LogP contribution in [0.1, 0.15) is 0 Å². The summed E-state index contributed by atoms with van der Waals surface area (Å²) in [6.45, 7) is 0. The average Bonchev–Trinajstić information content (AvgIpc) is 2.41. The zero-order valence-corrected chi connectivity index (χ0v) is 12.2. The molecule has 0 fully saturated rings. The van der Waals surface area contributed by atoms with Gasteiger partial charge in [0.2, 0.25) is 10.0 Å². The van der Waals surface area contributed by atoms with Crippen molar-refractivity contribution in [3.63, 3.8) is 0 Å². The minimum atomic E-state index is -3.49. The first kappa shape index (κ1) is 14.4. The van der Waals surface area contributed by atoms with Crippen LogP contribution >= 0.6 is 0 Å². The van der Waals surface area contributed by atoms with Crippen LogP contribution in [0.4, 0.5) is 17.1 Å². The van der Waals surface area contributed by atoms with Gasteiger partial charge in [-0.1, -0.05) is 12.1 Å². The maximum Gasteiger partial charge on any atom is 0.244 e. The first-order chi connectivity index (χ1) is 9.41. The first-order valence-corrected chi connectivity index (χ1v) is 7.49. The van der Waals surface area contributed by atoms with Crippen molar-refractivity contribution in [2.45, 2.75) is 4.90 Å². The topological polar surface area (TPSA) is 75.4 Å². The number of rotatable bonds is 4. The van der Waals surface area contributed by atoms with E-state index in [1.807, 2.05) is 0 Å². The molecule has 0 aliphatic heterocycles. The van der Waals surface area contributed by atoms with Crippen LogP contribution in [0.2, 0.25) is 0 Å². The molecule has 20 heavy (non-hydrogen) atoms. The molecule has 2 aromatic carbocycles. The molecule has 2 rings (SSSR count). The van der Waals surface area contributed by atoms with E-state index in [9.17, 15) is 8.42 Å². The van der Waals surface area contributed by atoms with Crippen molar-refractivity contribution in [1.29, 1.82) is 0 Å². The Morgan fingerprint density at radius 3 is 2.20 bits per heavy atom. The van der Waals surface area contributed by atoms with E-state index in [0.29, 0.717) is 11.4 Å². The molecule has 0 amide bonds. The number of hydrogen-bond donors (Lipinski definition) is 2. The summed E-state index contributed by atoms with van der Waals surface area (Å²) in [5, 5.41) is 3.10. The molecule has 0 atom stereocenters. The molecule has 0 aliphatic carbocycles. The Balaban J connectivity index is 2.41. The Kier molecular flexibility index (Phi) is 3.96. The number of nitrogen functional groups attached to an aromatic ring is 1. The molecule has 0 bridgehead atoms. The van der Waals surface area contributed by atoms with E-state index in [1.165, 1.54) is 18.4 Å². The SMILES string of the molecule is CN(C)S(=O)(=O)c1ccccc1Nc1ccc(N)cc1. The van der Waals surface area contributed by atoms with E-state index in [0.717, 1.165) is 5.69 Å². The van der Waals surface area contributed by atoms with Gasteiger partial charge in [0.1, 0.15) is 4.90 Å². The van der Waals surface area contributed by atoms with Gasteiger partial charge in [-0.3, -0.25) is 0 Å². The summed E-state index contributed by atoms with van der Waals surface area (Å²) in [7, 11) is -0.471. The highest BCUT2D eigenvalue weighted by molar-refractivity contribution is 7.89. The normalized spacial score (nSPS) is 11.6. The zero-order chi connectivity index (χ0) is 14.8. The number of nitrogens with one attached hydrogen (secondary N) is 1. The van der Waals surface area contributed by atoms with Crippen LogP contribution in [0, 0.1) is 0 Å². The molecular formula is C14H17N3O2S. The molecule has 106 valence electrons. The third-order valence-corrected chi connectivity index (χ3v) is 4.71. The molecule has 0 heterocycles. The minimum absolute atomic E-state index is 0.238. The zero-order valence-electron chi connectivity index (χ0n) is 11.4. The van der Waals surface area contributed by atoms with E-state index in [-0.39, 0.29) is 4.90 Å². The van der Waals surface area contributed by atoms with Crippen molar-refractivity contribution in [3.8, 4) is 0 Å². The molecule has 0 saturated heterocycles. The molecule has 0 unspecified atom stereocenters. The van der Waals surface area contributed by atoms with Crippen molar-refractivity contribution in [2.75, 3.05) is 25.1 Å². The van der Waals surface area contributed by atoms with E-state index in [4.69, 9.17) is 5.73 Å². The number of sulfonamides is 1. The second-order valence-corrected chi connectivity index (χ2v) is 6.65. The summed E-state index contributed by atoms with van der Waals surface area (Å²) in [5.74, 6) is 0. The highest BCUT2D eigenvalue weighted by atomic mass is 32.2. The monoisotopic (exact) mass is 291 g/mol. The lowest BCUT2D eigenvalue weighted by Gasteiger charge is -2.16. The Labute approximate surface area is 119 Å². The summed E-state index contributed by atoms with van der Waals surface area (Å²) in [5.41, 5.74) is 7.60. The van der Waals surface area contributed by atoms with Crippen LogP contribution in [-0.2, 0) is 10.0 Å². The lowest BCUT2D eigenvalue weighted by atomic mass is 10.2. The van der Waals surface area contributed by atoms with Gasteiger partial charge in [-0.05, 0) is 36.4 Å². The van der Waals surface area contributed by atoms with Crippen LogP contribution in [0.15, 0.2) is 53.4 Å². The van der Waals surface area contributed by atoms with Gasteiger partial charge in [-0.2, -0.15) is 0 Å². The Morgan fingerprint density at radius 1 is 1.00 bits per heavy atom. The van der Waals surface area contributed by atoms with Gasteiger partial charge in [0.15, 0.2) is 0 Å². The van der Waals surface area contributed by atoms with Crippen molar-refractivity contribution in [2.24, 2.45) is 0 Å². The van der Waals surface area contributed by atoms with Crippen LogP contribution in [0.5, 0.6) is 0 Å². The fourth-order valence-electron chi connectivity index (χ4n) is 1.71. The van der Waals surface area contributed by atoms with Gasteiger partial charge in [0.05, 0.1) is 5.69 Å². The summed E-state index contributed by atoms with van der Waals surface area (Å²) < 4.78 is 25.7. The molecule has 3 N–H and O–H groups in total. The van der Waals surface area contributed by atoms with E-state index in [2.05, 4.69) is 5.32 Å². The van der Waals surface area contributed by atoms with Crippen LogP contribution in [0.3, 0.4) is 0 Å². The first-order valence-electron chi connectivity index (χ1n) is 6.05. The highest BCUT2D eigenvalue weighted by Crippen LogP contribution is 2.26. The standard InChI is InChI=1S/C14H17N3O2S/c1-17(2)20(18,19)14-6-4-3-5-13(14)16-12-9-7-11(15)8-10-12/h3-10,16H,15H2,1-2H3. The van der Waals surface area contributed by atoms with Gasteiger partial charge in [0.25, 0.3) is 0 Å². The minimum Gasteiger partial charge on any atom is -0.399 e. The lowest BCUT2D eigenvalue weighted by molar-refractivity contribution is 0.521. The summed E-state index contributed by atoms with van der Waals surface area (Å²) in [6.07, 6.45) is 0.